The normalized spacial score (nSPS) is 23.5. The summed E-state index contributed by atoms with van der Waals surface area (Å²) < 4.78 is 23.4. The van der Waals surface area contributed by atoms with Crippen LogP contribution < -0.4 is 0 Å². The van der Waals surface area contributed by atoms with Crippen molar-refractivity contribution < 1.29 is 13.2 Å². The summed E-state index contributed by atoms with van der Waals surface area (Å²) in [5, 5.41) is 10.8. The Morgan fingerprint density at radius 2 is 2.27 bits per heavy atom. The van der Waals surface area contributed by atoms with Gasteiger partial charge in [-0.2, -0.15) is 16.4 Å². The summed E-state index contributed by atoms with van der Waals surface area (Å²) in [4.78, 5) is 14.1. The van der Waals surface area contributed by atoms with Crippen LogP contribution in [0.3, 0.4) is 0 Å². The fourth-order valence-electron chi connectivity index (χ4n) is 2.67. The van der Waals surface area contributed by atoms with E-state index in [2.05, 4.69) is 10.2 Å². The maximum Gasteiger partial charge on any atom is 0.272 e. The Morgan fingerprint density at radius 1 is 1.50 bits per heavy atom. The summed E-state index contributed by atoms with van der Waals surface area (Å²) in [6.07, 6.45) is 0.461. The van der Waals surface area contributed by atoms with Gasteiger partial charge in [-0.15, -0.1) is 0 Å². The number of thiophene rings is 1. The number of nitrogens with zero attached hydrogens (tertiary/aromatic N) is 2. The van der Waals surface area contributed by atoms with Gasteiger partial charge in [-0.1, -0.05) is 0 Å². The van der Waals surface area contributed by atoms with Crippen LogP contribution in [-0.4, -0.2) is 53.5 Å². The smallest absolute Gasteiger partial charge is 0.272 e. The van der Waals surface area contributed by atoms with Crippen LogP contribution in [0.1, 0.15) is 23.8 Å². The van der Waals surface area contributed by atoms with Crippen LogP contribution in [0.5, 0.6) is 0 Å². The largest absolute Gasteiger partial charge is 0.334 e. The Kier molecular flexibility index (Phi) is 3.60. The van der Waals surface area contributed by atoms with Gasteiger partial charge in [0.25, 0.3) is 5.91 Å². The van der Waals surface area contributed by atoms with Gasteiger partial charge in [0.1, 0.15) is 5.69 Å². The number of aromatic nitrogens is 2. The lowest BCUT2D eigenvalue weighted by atomic mass is 9.99. The third-order valence-electron chi connectivity index (χ3n) is 4.22. The van der Waals surface area contributed by atoms with Crippen LogP contribution in [0.4, 0.5) is 0 Å². The minimum absolute atomic E-state index is 0.00770. The predicted octanol–water partition coefficient (Wildman–Crippen LogP) is 1.79. The van der Waals surface area contributed by atoms with Crippen molar-refractivity contribution >= 4 is 27.1 Å². The Labute approximate surface area is 133 Å². The van der Waals surface area contributed by atoms with E-state index in [1.165, 1.54) is 4.90 Å². The molecule has 0 bridgehead atoms. The summed E-state index contributed by atoms with van der Waals surface area (Å²) in [7, 11) is -1.42. The van der Waals surface area contributed by atoms with Gasteiger partial charge in [0.15, 0.2) is 9.84 Å². The molecule has 0 radical (unpaired) electrons. The summed E-state index contributed by atoms with van der Waals surface area (Å²) in [5.41, 5.74) is 1.37. The van der Waals surface area contributed by atoms with Crippen LogP contribution >= 0.6 is 11.3 Å². The van der Waals surface area contributed by atoms with Crippen molar-refractivity contribution in [1.29, 1.82) is 0 Å². The van der Waals surface area contributed by atoms with E-state index in [4.69, 9.17) is 0 Å². The zero-order chi connectivity index (χ0) is 16.0. The minimum Gasteiger partial charge on any atom is -0.334 e. The number of carbonyl (C=O) groups excluding carboxylic acids is 1. The first-order chi connectivity index (χ1) is 10.3. The molecular formula is C14H17N3O3S2. The van der Waals surface area contributed by atoms with Gasteiger partial charge in [0, 0.05) is 18.0 Å². The molecule has 3 rings (SSSR count). The van der Waals surface area contributed by atoms with Gasteiger partial charge < -0.3 is 4.90 Å². The van der Waals surface area contributed by atoms with Crippen molar-refractivity contribution in [2.24, 2.45) is 0 Å². The average molecular weight is 339 g/mol. The van der Waals surface area contributed by atoms with Crippen molar-refractivity contribution in [2.75, 3.05) is 18.6 Å². The molecular weight excluding hydrogens is 322 g/mol. The van der Waals surface area contributed by atoms with E-state index < -0.39 is 15.4 Å². The van der Waals surface area contributed by atoms with Crippen molar-refractivity contribution in [3.8, 4) is 11.3 Å². The van der Waals surface area contributed by atoms with E-state index >= 15 is 0 Å². The number of rotatable bonds is 3. The second-order valence-corrected chi connectivity index (χ2v) is 8.85. The highest BCUT2D eigenvalue weighted by atomic mass is 32.2. The highest BCUT2D eigenvalue weighted by Crippen LogP contribution is 2.30. The number of H-pyrrole nitrogens is 1. The molecule has 2 aromatic rings. The highest BCUT2D eigenvalue weighted by Gasteiger charge is 2.43. The molecule has 1 fully saturated rings. The van der Waals surface area contributed by atoms with Gasteiger partial charge in [0.2, 0.25) is 0 Å². The van der Waals surface area contributed by atoms with Gasteiger partial charge in [0.05, 0.1) is 22.7 Å². The van der Waals surface area contributed by atoms with Crippen LogP contribution in [0.25, 0.3) is 11.3 Å². The SMILES string of the molecule is CN(C(=O)c1cc(-c2ccsc2)n[nH]1)C1(C)CCS(=O)(=O)C1. The quantitative estimate of drug-likeness (QED) is 0.924. The lowest BCUT2D eigenvalue weighted by Crippen LogP contribution is -2.48. The van der Waals surface area contributed by atoms with E-state index in [-0.39, 0.29) is 17.4 Å². The molecule has 118 valence electrons. The molecule has 22 heavy (non-hydrogen) atoms. The van der Waals surface area contributed by atoms with Crippen molar-refractivity contribution in [2.45, 2.75) is 18.9 Å². The molecule has 8 heteroatoms. The molecule has 1 aliphatic heterocycles. The first kappa shape index (κ1) is 15.2. The third-order valence-corrected chi connectivity index (χ3v) is 6.79. The van der Waals surface area contributed by atoms with Crippen LogP contribution in [0.2, 0.25) is 0 Å². The topological polar surface area (TPSA) is 83.1 Å². The zero-order valence-corrected chi connectivity index (χ0v) is 14.0. The molecule has 0 aliphatic carbocycles. The Bertz CT molecular complexity index is 795. The molecule has 1 amide bonds. The molecule has 3 heterocycles. The fraction of sp³-hybridized carbons (Fsp3) is 0.429. The lowest BCUT2D eigenvalue weighted by Gasteiger charge is -2.33. The number of hydrogen-bond donors (Lipinski definition) is 1. The molecule has 6 nitrogen and oxygen atoms in total. The number of sulfone groups is 1. The van der Waals surface area contributed by atoms with Crippen LogP contribution in [0, 0.1) is 0 Å². The molecule has 1 saturated heterocycles. The summed E-state index contributed by atoms with van der Waals surface area (Å²) in [6, 6.07) is 3.64. The lowest BCUT2D eigenvalue weighted by molar-refractivity contribution is 0.0632. The molecule has 0 saturated carbocycles. The summed E-state index contributed by atoms with van der Waals surface area (Å²) in [5.74, 6) is -0.105. The highest BCUT2D eigenvalue weighted by molar-refractivity contribution is 7.91. The van der Waals surface area contributed by atoms with Crippen LogP contribution in [0.15, 0.2) is 22.9 Å². The van der Waals surface area contributed by atoms with Gasteiger partial charge in [-0.3, -0.25) is 9.89 Å². The fourth-order valence-corrected chi connectivity index (χ4v) is 5.50. The van der Waals surface area contributed by atoms with Crippen molar-refractivity contribution in [3.05, 3.63) is 28.6 Å². The van der Waals surface area contributed by atoms with E-state index in [1.807, 2.05) is 23.8 Å². The number of amides is 1. The van der Waals surface area contributed by atoms with Crippen molar-refractivity contribution in [3.63, 3.8) is 0 Å². The van der Waals surface area contributed by atoms with E-state index in [1.54, 1.807) is 24.5 Å². The predicted molar refractivity (Wildman–Crippen MR) is 85.7 cm³/mol. The van der Waals surface area contributed by atoms with E-state index in [0.717, 1.165) is 5.56 Å². The Hall–Kier alpha value is -1.67. The number of hydrogen-bond acceptors (Lipinski definition) is 5. The molecule has 1 aliphatic rings. The molecule has 1 N–H and O–H groups in total. The second-order valence-electron chi connectivity index (χ2n) is 5.88. The van der Waals surface area contributed by atoms with Gasteiger partial charge in [-0.05, 0) is 30.9 Å². The van der Waals surface area contributed by atoms with E-state index in [9.17, 15) is 13.2 Å². The molecule has 0 spiro atoms. The minimum atomic E-state index is -3.06. The second kappa shape index (κ2) is 5.20. The number of aromatic amines is 1. The van der Waals surface area contributed by atoms with Gasteiger partial charge >= 0.3 is 0 Å². The third kappa shape index (κ3) is 2.68. The Balaban J connectivity index is 1.82. The summed E-state index contributed by atoms with van der Waals surface area (Å²) >= 11 is 1.56. The maximum atomic E-state index is 12.6. The molecule has 2 aromatic heterocycles. The first-order valence-corrected chi connectivity index (χ1v) is 9.64. The van der Waals surface area contributed by atoms with Gasteiger partial charge in [-0.25, -0.2) is 8.42 Å². The molecule has 1 atom stereocenters. The number of carbonyl (C=O) groups is 1. The number of nitrogens with one attached hydrogen (secondary N) is 1. The van der Waals surface area contributed by atoms with E-state index in [0.29, 0.717) is 17.8 Å². The average Bonchev–Trinajstić information content (AvgIpc) is 3.16. The summed E-state index contributed by atoms with van der Waals surface area (Å²) in [6.45, 7) is 1.81. The molecule has 0 aromatic carbocycles. The zero-order valence-electron chi connectivity index (χ0n) is 12.4. The monoisotopic (exact) mass is 339 g/mol. The van der Waals surface area contributed by atoms with Crippen molar-refractivity contribution in [1.82, 2.24) is 15.1 Å². The maximum absolute atomic E-state index is 12.6. The van der Waals surface area contributed by atoms with Crippen LogP contribution in [-0.2, 0) is 9.84 Å². The molecule has 1 unspecified atom stereocenters. The first-order valence-electron chi connectivity index (χ1n) is 6.87. The standard InChI is InChI=1S/C14H17N3O3S2/c1-14(4-6-22(19,20)9-14)17(2)13(18)12-7-11(15-16-12)10-3-5-21-8-10/h3,5,7-8H,4,6,9H2,1-2H3,(H,15,16). The Morgan fingerprint density at radius 3 is 2.86 bits per heavy atom.